The smallest absolute Gasteiger partial charge is 0.276 e. The molecule has 1 saturated heterocycles. The second-order valence-corrected chi connectivity index (χ2v) is 8.05. The first-order chi connectivity index (χ1) is 11.9. The Hall–Kier alpha value is -2.26. The van der Waals surface area contributed by atoms with Crippen molar-refractivity contribution in [3.8, 4) is 0 Å². The summed E-state index contributed by atoms with van der Waals surface area (Å²) in [4.78, 5) is 14.2. The van der Waals surface area contributed by atoms with E-state index in [4.69, 9.17) is 0 Å². The van der Waals surface area contributed by atoms with E-state index >= 15 is 0 Å². The van der Waals surface area contributed by atoms with Crippen LogP contribution in [0.1, 0.15) is 28.9 Å². The van der Waals surface area contributed by atoms with Crippen LogP contribution in [0.4, 0.5) is 0 Å². The molecule has 1 N–H and O–H groups in total. The molecule has 2 heterocycles. The first-order valence-electron chi connectivity index (χ1n) is 8.11. The maximum absolute atomic E-state index is 12.6. The number of nitrogens with zero attached hydrogens (tertiary/aromatic N) is 4. The lowest BCUT2D eigenvalue weighted by Gasteiger charge is -2.32. The zero-order chi connectivity index (χ0) is 17.9. The van der Waals surface area contributed by atoms with Crippen molar-refractivity contribution in [2.24, 2.45) is 0 Å². The molecule has 0 spiro atoms. The Morgan fingerprint density at radius 2 is 2.08 bits per heavy atom. The van der Waals surface area contributed by atoms with Gasteiger partial charge in [0.25, 0.3) is 5.91 Å². The molecule has 1 aliphatic heterocycles. The normalized spacial score (nSPS) is 18.3. The second-order valence-electron chi connectivity index (χ2n) is 6.27. The van der Waals surface area contributed by atoms with Crippen LogP contribution in [-0.4, -0.2) is 59.6 Å². The molecule has 1 amide bonds. The standard InChI is InChI=1S/C16H21N5O3S/c1-25(23,24)18-14-8-5-9-20(11-14)16(22)15-12-21(19-17-15)10-13-6-3-2-4-7-13/h2-4,6-7,12,14,18H,5,8-11H2,1H3/t14-/m1/s1. The van der Waals surface area contributed by atoms with Gasteiger partial charge in [0.15, 0.2) is 5.69 Å². The lowest BCUT2D eigenvalue weighted by Crippen LogP contribution is -2.49. The maximum Gasteiger partial charge on any atom is 0.276 e. The number of piperidine rings is 1. The number of rotatable bonds is 5. The molecule has 8 nitrogen and oxygen atoms in total. The Labute approximate surface area is 146 Å². The number of nitrogens with one attached hydrogen (secondary N) is 1. The molecule has 1 aliphatic rings. The van der Waals surface area contributed by atoms with Gasteiger partial charge in [0.1, 0.15) is 0 Å². The molecular formula is C16H21N5O3S. The van der Waals surface area contributed by atoms with E-state index in [0.29, 0.717) is 19.6 Å². The van der Waals surface area contributed by atoms with E-state index in [0.717, 1.165) is 24.7 Å². The third-order valence-electron chi connectivity index (χ3n) is 4.03. The van der Waals surface area contributed by atoms with Crippen LogP contribution >= 0.6 is 0 Å². The number of carbonyl (C=O) groups is 1. The van der Waals surface area contributed by atoms with Gasteiger partial charge in [-0.15, -0.1) is 5.10 Å². The average Bonchev–Trinajstić information content (AvgIpc) is 3.02. The summed E-state index contributed by atoms with van der Waals surface area (Å²) in [6.45, 7) is 1.48. The number of amides is 1. The summed E-state index contributed by atoms with van der Waals surface area (Å²) in [5, 5.41) is 7.98. The molecule has 1 atom stereocenters. The topological polar surface area (TPSA) is 97.2 Å². The van der Waals surface area contributed by atoms with Crippen molar-refractivity contribution in [3.05, 3.63) is 47.8 Å². The Morgan fingerprint density at radius 3 is 2.80 bits per heavy atom. The van der Waals surface area contributed by atoms with Crippen LogP contribution < -0.4 is 4.72 Å². The molecule has 25 heavy (non-hydrogen) atoms. The number of likely N-dealkylation sites (tertiary alicyclic amines) is 1. The summed E-state index contributed by atoms with van der Waals surface area (Å²) in [6.07, 6.45) is 4.22. The Balaban J connectivity index is 1.65. The Morgan fingerprint density at radius 1 is 1.32 bits per heavy atom. The molecule has 1 aromatic carbocycles. The summed E-state index contributed by atoms with van der Waals surface area (Å²) < 4.78 is 27.0. The number of hydrogen-bond donors (Lipinski definition) is 1. The molecule has 0 aliphatic carbocycles. The summed E-state index contributed by atoms with van der Waals surface area (Å²) in [6, 6.07) is 9.54. The van der Waals surface area contributed by atoms with Gasteiger partial charge in [-0.3, -0.25) is 4.79 Å². The molecule has 0 unspecified atom stereocenters. The highest BCUT2D eigenvalue weighted by Crippen LogP contribution is 2.13. The van der Waals surface area contributed by atoms with Gasteiger partial charge < -0.3 is 4.90 Å². The molecule has 134 valence electrons. The highest BCUT2D eigenvalue weighted by Gasteiger charge is 2.27. The van der Waals surface area contributed by atoms with Crippen LogP contribution in [0.2, 0.25) is 0 Å². The zero-order valence-electron chi connectivity index (χ0n) is 14.0. The summed E-state index contributed by atoms with van der Waals surface area (Å²) in [5.74, 6) is -0.223. The molecule has 2 aromatic rings. The number of aromatic nitrogens is 3. The molecule has 9 heteroatoms. The van der Waals surface area contributed by atoms with E-state index < -0.39 is 10.0 Å². The van der Waals surface area contributed by atoms with Crippen molar-refractivity contribution in [2.45, 2.75) is 25.4 Å². The number of sulfonamides is 1. The maximum atomic E-state index is 12.6. The fourth-order valence-electron chi connectivity index (χ4n) is 2.97. The van der Waals surface area contributed by atoms with E-state index in [1.807, 2.05) is 30.3 Å². The summed E-state index contributed by atoms with van der Waals surface area (Å²) in [7, 11) is -3.29. The van der Waals surface area contributed by atoms with Crippen molar-refractivity contribution < 1.29 is 13.2 Å². The predicted octanol–water partition coefficient (Wildman–Crippen LogP) is 0.480. The number of hydrogen-bond acceptors (Lipinski definition) is 5. The van der Waals surface area contributed by atoms with Crippen LogP contribution in [0.5, 0.6) is 0 Å². The van der Waals surface area contributed by atoms with Crippen LogP contribution in [-0.2, 0) is 16.6 Å². The Kier molecular flexibility index (Phi) is 5.14. The third kappa shape index (κ3) is 4.86. The van der Waals surface area contributed by atoms with Gasteiger partial charge in [-0.25, -0.2) is 17.8 Å². The van der Waals surface area contributed by atoms with Gasteiger partial charge in [-0.1, -0.05) is 35.5 Å². The fraction of sp³-hybridized carbons (Fsp3) is 0.438. The third-order valence-corrected chi connectivity index (χ3v) is 4.80. The van der Waals surface area contributed by atoms with E-state index in [2.05, 4.69) is 15.0 Å². The van der Waals surface area contributed by atoms with Crippen LogP contribution in [0.15, 0.2) is 36.5 Å². The lowest BCUT2D eigenvalue weighted by molar-refractivity contribution is 0.0697. The van der Waals surface area contributed by atoms with Crippen molar-refractivity contribution >= 4 is 15.9 Å². The van der Waals surface area contributed by atoms with Crippen molar-refractivity contribution in [3.63, 3.8) is 0 Å². The minimum atomic E-state index is -3.29. The highest BCUT2D eigenvalue weighted by atomic mass is 32.2. The largest absolute Gasteiger partial charge is 0.336 e. The van der Waals surface area contributed by atoms with Gasteiger partial charge in [0.05, 0.1) is 19.0 Å². The van der Waals surface area contributed by atoms with Gasteiger partial charge >= 0.3 is 0 Å². The van der Waals surface area contributed by atoms with Crippen LogP contribution in [0.25, 0.3) is 0 Å². The average molecular weight is 363 g/mol. The fourth-order valence-corrected chi connectivity index (χ4v) is 3.76. The SMILES string of the molecule is CS(=O)(=O)N[C@@H]1CCCN(C(=O)c2cn(Cc3ccccc3)nn2)C1. The summed E-state index contributed by atoms with van der Waals surface area (Å²) in [5.41, 5.74) is 1.35. The van der Waals surface area contributed by atoms with Crippen molar-refractivity contribution in [1.29, 1.82) is 0 Å². The summed E-state index contributed by atoms with van der Waals surface area (Å²) >= 11 is 0. The molecule has 1 fully saturated rings. The number of carbonyl (C=O) groups excluding carboxylic acids is 1. The minimum absolute atomic E-state index is 0.223. The first kappa shape index (κ1) is 17.6. The molecule has 0 bridgehead atoms. The van der Waals surface area contributed by atoms with Gasteiger partial charge in [0.2, 0.25) is 10.0 Å². The van der Waals surface area contributed by atoms with Gasteiger partial charge in [-0.2, -0.15) is 0 Å². The van der Waals surface area contributed by atoms with E-state index in [-0.39, 0.29) is 17.6 Å². The van der Waals surface area contributed by atoms with Crippen molar-refractivity contribution in [2.75, 3.05) is 19.3 Å². The zero-order valence-corrected chi connectivity index (χ0v) is 14.8. The minimum Gasteiger partial charge on any atom is -0.336 e. The Bertz CT molecular complexity index is 834. The van der Waals surface area contributed by atoms with Gasteiger partial charge in [0, 0.05) is 19.1 Å². The number of benzene rings is 1. The lowest BCUT2D eigenvalue weighted by atomic mass is 10.1. The van der Waals surface area contributed by atoms with Gasteiger partial charge in [-0.05, 0) is 18.4 Å². The molecular weight excluding hydrogens is 342 g/mol. The monoisotopic (exact) mass is 363 g/mol. The van der Waals surface area contributed by atoms with Crippen LogP contribution in [0, 0.1) is 0 Å². The van der Waals surface area contributed by atoms with Crippen molar-refractivity contribution in [1.82, 2.24) is 24.6 Å². The predicted molar refractivity (Wildman–Crippen MR) is 92.5 cm³/mol. The van der Waals surface area contributed by atoms with E-state index in [9.17, 15) is 13.2 Å². The second kappa shape index (κ2) is 7.32. The molecule has 3 rings (SSSR count). The highest BCUT2D eigenvalue weighted by molar-refractivity contribution is 7.88. The quantitative estimate of drug-likeness (QED) is 0.833. The van der Waals surface area contributed by atoms with Crippen LogP contribution in [0.3, 0.4) is 0 Å². The van der Waals surface area contributed by atoms with E-state index in [1.54, 1.807) is 15.8 Å². The molecule has 1 aromatic heterocycles. The first-order valence-corrected chi connectivity index (χ1v) is 10.0. The molecule has 0 radical (unpaired) electrons. The molecule has 0 saturated carbocycles. The van der Waals surface area contributed by atoms with E-state index in [1.165, 1.54) is 0 Å².